The summed E-state index contributed by atoms with van der Waals surface area (Å²) in [6, 6.07) is 5.35. The third-order valence-corrected chi connectivity index (χ3v) is 4.19. The summed E-state index contributed by atoms with van der Waals surface area (Å²) in [5.74, 6) is -2.43. The van der Waals surface area contributed by atoms with Crippen molar-refractivity contribution in [2.75, 3.05) is 5.32 Å². The van der Waals surface area contributed by atoms with Crippen LogP contribution in [0.25, 0.3) is 0 Å². The molecule has 0 aliphatic heterocycles. The highest BCUT2D eigenvalue weighted by Crippen LogP contribution is 2.19. The van der Waals surface area contributed by atoms with Gasteiger partial charge in [-0.1, -0.05) is 19.1 Å². The predicted octanol–water partition coefficient (Wildman–Crippen LogP) is 0.382. The zero-order chi connectivity index (χ0) is 20.6. The van der Waals surface area contributed by atoms with Gasteiger partial charge in [-0.15, -0.1) is 0 Å². The molecule has 0 aliphatic carbocycles. The second-order valence-corrected chi connectivity index (χ2v) is 6.26. The highest BCUT2D eigenvalue weighted by Gasteiger charge is 2.40. The largest absolute Gasteiger partial charge is 0.480 e. The molecule has 9 nitrogen and oxygen atoms in total. The molecule has 0 radical (unpaired) electrons. The average Bonchev–Trinajstić information content (AvgIpc) is 2.64. The minimum absolute atomic E-state index is 0.0139. The Bertz CT molecular complexity index is 660. The quantitative estimate of drug-likeness (QED) is 0.363. The Labute approximate surface area is 157 Å². The second kappa shape index (κ2) is 10.0. The molecule has 0 aliphatic rings. The van der Waals surface area contributed by atoms with Gasteiger partial charge in [-0.3, -0.25) is 9.59 Å². The number of amides is 1. The number of carboxylic acid groups (broad SMARTS) is 1. The minimum atomic E-state index is -1.95. The summed E-state index contributed by atoms with van der Waals surface area (Å²) in [6.07, 6.45) is -1.25. The Kier molecular flexibility index (Phi) is 8.35. The summed E-state index contributed by atoms with van der Waals surface area (Å²) in [4.78, 5) is 34.3. The van der Waals surface area contributed by atoms with E-state index in [0.717, 1.165) is 0 Å². The van der Waals surface area contributed by atoms with Crippen molar-refractivity contribution in [3.63, 3.8) is 0 Å². The van der Waals surface area contributed by atoms with Crippen LogP contribution in [0.5, 0.6) is 0 Å². The van der Waals surface area contributed by atoms with Crippen molar-refractivity contribution >= 4 is 23.5 Å². The Morgan fingerprint density at radius 1 is 1.26 bits per heavy atom. The van der Waals surface area contributed by atoms with Gasteiger partial charge in [0.1, 0.15) is 12.6 Å². The number of rotatable bonds is 10. The van der Waals surface area contributed by atoms with Crippen LogP contribution in [0.2, 0.25) is 0 Å². The van der Waals surface area contributed by atoms with Crippen LogP contribution in [0, 0.1) is 0 Å². The van der Waals surface area contributed by atoms with E-state index >= 15 is 0 Å². The van der Waals surface area contributed by atoms with E-state index in [9.17, 15) is 24.6 Å². The topological polar surface area (TPSA) is 159 Å². The number of esters is 1. The number of hydrogen-bond donors (Lipinski definition) is 5. The van der Waals surface area contributed by atoms with Crippen LogP contribution in [0.1, 0.15) is 38.7 Å². The number of aliphatic hydroxyl groups excluding tert-OH is 1. The van der Waals surface area contributed by atoms with Crippen LogP contribution in [0.3, 0.4) is 0 Å². The molecule has 0 saturated heterocycles. The van der Waals surface area contributed by atoms with Gasteiger partial charge in [-0.05, 0) is 37.5 Å². The molecule has 1 aromatic carbocycles. The van der Waals surface area contributed by atoms with Gasteiger partial charge in [0.2, 0.25) is 5.91 Å². The molecule has 0 saturated carbocycles. The second-order valence-electron chi connectivity index (χ2n) is 6.26. The molecule has 0 unspecified atom stereocenters. The number of carbonyl (C=O) groups excluding carboxylic acids is 2. The highest BCUT2D eigenvalue weighted by molar-refractivity contribution is 5.91. The number of carbonyl (C=O) groups is 3. The van der Waals surface area contributed by atoms with Gasteiger partial charge in [-0.2, -0.15) is 0 Å². The molecule has 3 atom stereocenters. The van der Waals surface area contributed by atoms with E-state index in [4.69, 9.17) is 15.6 Å². The monoisotopic (exact) mass is 382 g/mol. The normalized spacial score (nSPS) is 15.3. The SMILES string of the molecule is CC[C@@](O)(C(=O)OCc1ccc(NC(=O)CC[C@H](N)C(=O)O)cc1)[C@@H](C)O. The Hall–Kier alpha value is -2.49. The maximum absolute atomic E-state index is 12.0. The molecule has 0 aromatic heterocycles. The fraction of sp³-hybridized carbons (Fsp3) is 0.500. The number of hydrogen-bond acceptors (Lipinski definition) is 7. The fourth-order valence-electron chi connectivity index (χ4n) is 2.20. The van der Waals surface area contributed by atoms with Crippen molar-refractivity contribution in [2.45, 2.75) is 57.5 Å². The van der Waals surface area contributed by atoms with Crippen LogP contribution in [0.15, 0.2) is 24.3 Å². The molecule has 27 heavy (non-hydrogen) atoms. The first-order valence-electron chi connectivity index (χ1n) is 8.55. The number of aliphatic carboxylic acids is 1. The molecule has 0 spiro atoms. The smallest absolute Gasteiger partial charge is 0.341 e. The maximum Gasteiger partial charge on any atom is 0.341 e. The third-order valence-electron chi connectivity index (χ3n) is 4.19. The minimum Gasteiger partial charge on any atom is -0.480 e. The summed E-state index contributed by atoms with van der Waals surface area (Å²) in [5.41, 5.74) is 4.50. The molecule has 150 valence electrons. The van der Waals surface area contributed by atoms with E-state index in [2.05, 4.69) is 5.32 Å². The maximum atomic E-state index is 12.0. The fourth-order valence-corrected chi connectivity index (χ4v) is 2.20. The first kappa shape index (κ1) is 22.6. The van der Waals surface area contributed by atoms with Gasteiger partial charge in [0.25, 0.3) is 0 Å². The molecule has 9 heteroatoms. The van der Waals surface area contributed by atoms with Gasteiger partial charge < -0.3 is 31.1 Å². The predicted molar refractivity (Wildman–Crippen MR) is 96.6 cm³/mol. The summed E-state index contributed by atoms with van der Waals surface area (Å²) in [6.45, 7) is 2.77. The van der Waals surface area contributed by atoms with E-state index in [1.807, 2.05) is 0 Å². The zero-order valence-electron chi connectivity index (χ0n) is 15.3. The standard InChI is InChI=1S/C18H26N2O7/c1-3-18(26,11(2)21)17(25)27-10-12-4-6-13(7-5-12)20-15(22)9-8-14(19)16(23)24/h4-7,11,14,21,26H,3,8-10,19H2,1-2H3,(H,20,22)(H,23,24)/t11-,14+,18+/m1/s1. The number of aliphatic hydroxyl groups is 2. The lowest BCUT2D eigenvalue weighted by Gasteiger charge is -2.27. The summed E-state index contributed by atoms with van der Waals surface area (Å²) in [5, 5.41) is 30.9. The van der Waals surface area contributed by atoms with Crippen molar-refractivity contribution in [3.8, 4) is 0 Å². The van der Waals surface area contributed by atoms with Crippen LogP contribution in [-0.2, 0) is 25.7 Å². The number of anilines is 1. The molecule has 0 bridgehead atoms. The van der Waals surface area contributed by atoms with Crippen molar-refractivity contribution in [3.05, 3.63) is 29.8 Å². The number of carboxylic acids is 1. The van der Waals surface area contributed by atoms with Gasteiger partial charge in [0.05, 0.1) is 6.10 Å². The molecule has 1 rings (SSSR count). The van der Waals surface area contributed by atoms with Gasteiger partial charge in [-0.25, -0.2) is 4.79 Å². The molecule has 6 N–H and O–H groups in total. The first-order chi connectivity index (χ1) is 12.6. The van der Waals surface area contributed by atoms with E-state index < -0.39 is 29.7 Å². The Morgan fingerprint density at radius 2 is 1.85 bits per heavy atom. The Morgan fingerprint density at radius 3 is 2.33 bits per heavy atom. The lowest BCUT2D eigenvalue weighted by Crippen LogP contribution is -2.48. The van der Waals surface area contributed by atoms with E-state index in [0.29, 0.717) is 11.3 Å². The average molecular weight is 382 g/mol. The lowest BCUT2D eigenvalue weighted by molar-refractivity contribution is -0.179. The highest BCUT2D eigenvalue weighted by atomic mass is 16.6. The van der Waals surface area contributed by atoms with E-state index in [-0.39, 0.29) is 31.8 Å². The van der Waals surface area contributed by atoms with Crippen LogP contribution >= 0.6 is 0 Å². The van der Waals surface area contributed by atoms with Crippen LogP contribution in [0.4, 0.5) is 5.69 Å². The van der Waals surface area contributed by atoms with Crippen molar-refractivity contribution in [2.24, 2.45) is 5.73 Å². The van der Waals surface area contributed by atoms with Crippen LogP contribution in [-0.4, -0.2) is 50.9 Å². The van der Waals surface area contributed by atoms with Gasteiger partial charge in [0, 0.05) is 12.1 Å². The molecular formula is C18H26N2O7. The summed E-state index contributed by atoms with van der Waals surface area (Å²) in [7, 11) is 0. The Balaban J connectivity index is 2.53. The third kappa shape index (κ3) is 6.63. The van der Waals surface area contributed by atoms with Crippen molar-refractivity contribution < 1.29 is 34.4 Å². The van der Waals surface area contributed by atoms with Gasteiger partial charge >= 0.3 is 11.9 Å². The van der Waals surface area contributed by atoms with Crippen molar-refractivity contribution in [1.29, 1.82) is 0 Å². The molecule has 1 amide bonds. The van der Waals surface area contributed by atoms with Crippen LogP contribution < -0.4 is 11.1 Å². The number of benzene rings is 1. The lowest BCUT2D eigenvalue weighted by atomic mass is 9.95. The first-order valence-corrected chi connectivity index (χ1v) is 8.55. The number of nitrogens with one attached hydrogen (secondary N) is 1. The number of ether oxygens (including phenoxy) is 1. The molecular weight excluding hydrogens is 356 g/mol. The van der Waals surface area contributed by atoms with E-state index in [1.165, 1.54) is 6.92 Å². The molecule has 0 heterocycles. The van der Waals surface area contributed by atoms with Gasteiger partial charge in [0.15, 0.2) is 5.60 Å². The van der Waals surface area contributed by atoms with Crippen molar-refractivity contribution in [1.82, 2.24) is 0 Å². The summed E-state index contributed by atoms with van der Waals surface area (Å²) < 4.78 is 5.05. The molecule has 0 fully saturated rings. The van der Waals surface area contributed by atoms with E-state index in [1.54, 1.807) is 31.2 Å². The zero-order valence-corrected chi connectivity index (χ0v) is 15.3. The number of nitrogens with two attached hydrogens (primary N) is 1. The summed E-state index contributed by atoms with van der Waals surface area (Å²) >= 11 is 0. The molecule has 1 aromatic rings.